The van der Waals surface area contributed by atoms with E-state index in [1.54, 1.807) is 0 Å². The second-order valence-electron chi connectivity index (χ2n) is 12.5. The normalized spacial score (nSPS) is 61.6. The predicted octanol–water partition coefficient (Wildman–Crippen LogP) is 5.38. The van der Waals surface area contributed by atoms with Gasteiger partial charge in [-0.2, -0.15) is 0 Å². The Morgan fingerprint density at radius 3 is 1.44 bits per heavy atom. The highest BCUT2D eigenvalue weighted by atomic mass is 16.8. The Morgan fingerprint density at radius 1 is 0.667 bits per heavy atom. The molecule has 6 aliphatic rings. The van der Waals surface area contributed by atoms with E-state index in [2.05, 4.69) is 41.5 Å². The van der Waals surface area contributed by atoms with E-state index in [0.29, 0.717) is 45.7 Å². The van der Waals surface area contributed by atoms with Gasteiger partial charge in [0.25, 0.3) is 0 Å². The topological polar surface area (TPSA) is 27.7 Å². The fourth-order valence-electron chi connectivity index (χ4n) is 9.31. The number of hydrogen-bond acceptors (Lipinski definition) is 3. The molecule has 0 spiro atoms. The van der Waals surface area contributed by atoms with Crippen LogP contribution in [0.15, 0.2) is 0 Å². The van der Waals surface area contributed by atoms with Crippen LogP contribution in [0.5, 0.6) is 0 Å². The minimum atomic E-state index is -0.0432. The number of ether oxygens (including phenoxy) is 3. The van der Waals surface area contributed by atoms with Crippen molar-refractivity contribution in [2.75, 3.05) is 0 Å². The molecule has 3 nitrogen and oxygen atoms in total. The van der Waals surface area contributed by atoms with E-state index in [0.717, 1.165) is 24.7 Å². The second-order valence-corrected chi connectivity index (χ2v) is 12.5. The van der Waals surface area contributed by atoms with Crippen molar-refractivity contribution >= 4 is 0 Å². The molecule has 10 atom stereocenters. The summed E-state index contributed by atoms with van der Waals surface area (Å²) in [5.74, 6) is 3.00. The van der Waals surface area contributed by atoms with E-state index >= 15 is 0 Å². The van der Waals surface area contributed by atoms with Gasteiger partial charge in [-0.3, -0.25) is 0 Å². The van der Waals surface area contributed by atoms with Gasteiger partial charge >= 0.3 is 0 Å². The van der Waals surface area contributed by atoms with Crippen molar-refractivity contribution < 1.29 is 14.2 Å². The van der Waals surface area contributed by atoms with Crippen LogP contribution in [0.4, 0.5) is 0 Å². The van der Waals surface area contributed by atoms with Crippen molar-refractivity contribution in [3.05, 3.63) is 0 Å². The lowest BCUT2D eigenvalue weighted by molar-refractivity contribution is -0.252. The highest BCUT2D eigenvalue weighted by Gasteiger charge is 2.71. The molecule has 0 aromatic carbocycles. The van der Waals surface area contributed by atoms with Gasteiger partial charge in [-0.1, -0.05) is 41.5 Å². The Labute approximate surface area is 164 Å². The molecule has 27 heavy (non-hydrogen) atoms. The molecule has 4 bridgehead atoms. The molecule has 4 aliphatic carbocycles. The van der Waals surface area contributed by atoms with Gasteiger partial charge < -0.3 is 14.2 Å². The smallest absolute Gasteiger partial charge is 0.161 e. The van der Waals surface area contributed by atoms with Crippen LogP contribution in [-0.4, -0.2) is 24.8 Å². The highest BCUT2D eigenvalue weighted by molar-refractivity contribution is 5.18. The van der Waals surface area contributed by atoms with Crippen LogP contribution in [0.25, 0.3) is 0 Å². The first-order valence-electron chi connectivity index (χ1n) is 11.6. The van der Waals surface area contributed by atoms with Crippen LogP contribution in [0.3, 0.4) is 0 Å². The van der Waals surface area contributed by atoms with Crippen molar-refractivity contribution in [1.29, 1.82) is 0 Å². The van der Waals surface area contributed by atoms with Gasteiger partial charge in [0.05, 0.1) is 12.2 Å². The molecule has 6 fully saturated rings. The van der Waals surface area contributed by atoms with Gasteiger partial charge in [0.1, 0.15) is 0 Å². The monoisotopic (exact) mass is 374 g/mol. The molecular formula is C24H38O3. The van der Waals surface area contributed by atoms with Gasteiger partial charge in [0.15, 0.2) is 12.6 Å². The molecule has 4 saturated carbocycles. The predicted molar refractivity (Wildman–Crippen MR) is 104 cm³/mol. The summed E-state index contributed by atoms with van der Waals surface area (Å²) in [5, 5.41) is 0. The fraction of sp³-hybridized carbons (Fsp3) is 1.00. The first kappa shape index (κ1) is 17.7. The number of fused-ring (bicyclic) bond motifs is 10. The summed E-state index contributed by atoms with van der Waals surface area (Å²) in [6, 6.07) is 0. The summed E-state index contributed by atoms with van der Waals surface area (Å²) in [7, 11) is 0. The zero-order valence-electron chi connectivity index (χ0n) is 18.1. The fourth-order valence-corrected chi connectivity index (χ4v) is 9.31. The van der Waals surface area contributed by atoms with Crippen molar-refractivity contribution in [3.8, 4) is 0 Å². The zero-order valence-corrected chi connectivity index (χ0v) is 18.1. The van der Waals surface area contributed by atoms with Crippen LogP contribution in [0, 0.1) is 45.3 Å². The van der Waals surface area contributed by atoms with Gasteiger partial charge in [0.2, 0.25) is 0 Å². The van der Waals surface area contributed by atoms with E-state index in [1.165, 1.54) is 25.7 Å². The van der Waals surface area contributed by atoms with Crippen LogP contribution < -0.4 is 0 Å². The first-order chi connectivity index (χ1) is 12.6. The van der Waals surface area contributed by atoms with E-state index < -0.39 is 0 Å². The lowest BCUT2D eigenvalue weighted by Gasteiger charge is -2.39. The quantitative estimate of drug-likeness (QED) is 0.650. The molecule has 0 aromatic rings. The lowest BCUT2D eigenvalue weighted by atomic mass is 9.70. The molecule has 2 aliphatic heterocycles. The number of rotatable bonds is 2. The Kier molecular flexibility index (Phi) is 3.25. The summed E-state index contributed by atoms with van der Waals surface area (Å²) in [4.78, 5) is 0. The Hall–Kier alpha value is -0.120. The molecule has 2 heterocycles. The Balaban J connectivity index is 1.15. The maximum Gasteiger partial charge on any atom is 0.161 e. The molecular weight excluding hydrogens is 336 g/mol. The van der Waals surface area contributed by atoms with Gasteiger partial charge in [-0.05, 0) is 71.0 Å². The lowest BCUT2D eigenvalue weighted by Crippen LogP contribution is -2.39. The van der Waals surface area contributed by atoms with E-state index in [-0.39, 0.29) is 12.6 Å². The average Bonchev–Trinajstić information content (AvgIpc) is 3.33. The second kappa shape index (κ2) is 4.95. The third kappa shape index (κ3) is 1.83. The molecule has 3 heteroatoms. The third-order valence-electron chi connectivity index (χ3n) is 11.6. The zero-order chi connectivity index (χ0) is 19.0. The van der Waals surface area contributed by atoms with Crippen molar-refractivity contribution in [2.45, 2.75) is 105 Å². The molecule has 2 saturated heterocycles. The van der Waals surface area contributed by atoms with Crippen LogP contribution in [-0.2, 0) is 14.2 Å². The summed E-state index contributed by atoms with van der Waals surface area (Å²) in [6.07, 6.45) is 8.24. The summed E-state index contributed by atoms with van der Waals surface area (Å²) >= 11 is 0. The minimum absolute atomic E-state index is 0.0432. The van der Waals surface area contributed by atoms with Crippen molar-refractivity contribution in [1.82, 2.24) is 0 Å². The number of hydrogen-bond donors (Lipinski definition) is 0. The minimum Gasteiger partial charge on any atom is -0.348 e. The SMILES string of the molecule is CC1(C)[C@@H]2CC[C@@]1(C)[C@H]1O[C@@H](O[C@@H]3C[C@H]4[C@H]5CC[C@@](C)([C@H]4O3)C5(C)C)C[C@@H]21. The average molecular weight is 375 g/mol. The summed E-state index contributed by atoms with van der Waals surface area (Å²) in [5.41, 5.74) is 1.47. The first-order valence-corrected chi connectivity index (χ1v) is 11.6. The van der Waals surface area contributed by atoms with E-state index in [9.17, 15) is 0 Å². The van der Waals surface area contributed by atoms with Crippen LogP contribution >= 0.6 is 0 Å². The van der Waals surface area contributed by atoms with Crippen molar-refractivity contribution in [2.24, 2.45) is 45.3 Å². The third-order valence-corrected chi connectivity index (χ3v) is 11.6. The van der Waals surface area contributed by atoms with Gasteiger partial charge in [0, 0.05) is 12.8 Å². The van der Waals surface area contributed by atoms with Crippen LogP contribution in [0.1, 0.15) is 80.1 Å². The summed E-state index contributed by atoms with van der Waals surface area (Å²) in [6.45, 7) is 14.8. The largest absolute Gasteiger partial charge is 0.348 e. The Morgan fingerprint density at radius 2 is 1.07 bits per heavy atom. The van der Waals surface area contributed by atoms with Gasteiger partial charge in [-0.15, -0.1) is 0 Å². The highest BCUT2D eigenvalue weighted by Crippen LogP contribution is 2.72. The van der Waals surface area contributed by atoms with E-state index in [4.69, 9.17) is 14.2 Å². The summed E-state index contributed by atoms with van der Waals surface area (Å²) < 4.78 is 19.6. The standard InChI is InChI=1S/C24H38O3/c1-21(2)15-7-9-23(21,5)19-13(15)11-17(26-19)25-18-12-14-16-8-10-24(6,20(14)27-18)22(16,3)4/h13-20H,7-12H2,1-6H3/t13-,14-,15+,16+,17-,18+,19-,20-,23-,24-/m0/s1. The van der Waals surface area contributed by atoms with Gasteiger partial charge in [-0.25, -0.2) is 0 Å². The molecule has 0 N–H and O–H groups in total. The molecule has 6 rings (SSSR count). The Bertz CT molecular complexity index is 615. The maximum atomic E-state index is 6.58. The van der Waals surface area contributed by atoms with E-state index in [1.807, 2.05) is 0 Å². The van der Waals surface area contributed by atoms with Crippen molar-refractivity contribution in [3.63, 3.8) is 0 Å². The molecule has 0 radical (unpaired) electrons. The van der Waals surface area contributed by atoms with Crippen LogP contribution in [0.2, 0.25) is 0 Å². The molecule has 152 valence electrons. The molecule has 0 unspecified atom stereocenters. The molecule has 0 aromatic heterocycles. The maximum absolute atomic E-state index is 6.58. The molecule has 0 amide bonds.